The largest absolute Gasteiger partial charge is 0.374 e. The van der Waals surface area contributed by atoms with Gasteiger partial charge in [0.2, 0.25) is 0 Å². The minimum absolute atomic E-state index is 0.210. The Kier molecular flexibility index (Phi) is 5.12. The summed E-state index contributed by atoms with van der Waals surface area (Å²) in [5.41, 5.74) is 0. The zero-order chi connectivity index (χ0) is 8.85. The first-order valence-corrected chi connectivity index (χ1v) is 4.17. The van der Waals surface area contributed by atoms with Gasteiger partial charge in [0.05, 0.1) is 0 Å². The van der Waals surface area contributed by atoms with E-state index in [1.165, 1.54) is 0 Å². The number of hydrogen-bond acceptors (Lipinski definition) is 2. The molecule has 0 amide bonds. The molecule has 11 heavy (non-hydrogen) atoms. The topological polar surface area (TPSA) is 26.3 Å². The van der Waals surface area contributed by atoms with E-state index in [-0.39, 0.29) is 11.9 Å². The summed E-state index contributed by atoms with van der Waals surface area (Å²) in [4.78, 5) is 11.2. The summed E-state index contributed by atoms with van der Waals surface area (Å²) < 4.78 is 4.91. The van der Waals surface area contributed by atoms with Crippen LogP contribution in [0.15, 0.2) is 0 Å². The predicted molar refractivity (Wildman–Crippen MR) is 45.6 cm³/mol. The summed E-state index contributed by atoms with van der Waals surface area (Å²) in [6.07, 6.45) is 1.47. The molecular formula is C9H18O2. The number of ether oxygens (including phenoxy) is 1. The van der Waals surface area contributed by atoms with Crippen molar-refractivity contribution in [1.82, 2.24) is 0 Å². The fourth-order valence-corrected chi connectivity index (χ4v) is 0.785. The van der Waals surface area contributed by atoms with Crippen molar-refractivity contribution in [3.05, 3.63) is 0 Å². The van der Waals surface area contributed by atoms with Crippen molar-refractivity contribution in [1.29, 1.82) is 0 Å². The summed E-state index contributed by atoms with van der Waals surface area (Å²) in [6, 6.07) is 0. The number of rotatable bonds is 5. The molecule has 0 aliphatic carbocycles. The normalized spacial score (nSPS) is 16.0. The van der Waals surface area contributed by atoms with Crippen molar-refractivity contribution >= 4 is 5.78 Å². The molecule has 0 aromatic carbocycles. The van der Waals surface area contributed by atoms with E-state index in [4.69, 9.17) is 4.74 Å². The van der Waals surface area contributed by atoms with Crippen LogP contribution in [0.1, 0.15) is 33.6 Å². The highest BCUT2D eigenvalue weighted by Gasteiger charge is 2.13. The number of Topliss-reactive ketones (excluding diaryl/α,β-unsaturated/α-hetero) is 1. The predicted octanol–water partition coefficient (Wildman–Crippen LogP) is 2.03. The van der Waals surface area contributed by atoms with Crippen molar-refractivity contribution in [3.63, 3.8) is 0 Å². The van der Waals surface area contributed by atoms with Crippen LogP contribution in [0, 0.1) is 5.92 Å². The van der Waals surface area contributed by atoms with Gasteiger partial charge in [0.1, 0.15) is 6.10 Å². The molecule has 2 heteroatoms. The summed E-state index contributed by atoms with van der Waals surface area (Å²) in [7, 11) is 1.57. The van der Waals surface area contributed by atoms with Gasteiger partial charge in [-0.15, -0.1) is 0 Å². The second-order valence-electron chi connectivity index (χ2n) is 3.06. The second-order valence-corrected chi connectivity index (χ2v) is 3.06. The van der Waals surface area contributed by atoms with Crippen LogP contribution in [0.3, 0.4) is 0 Å². The van der Waals surface area contributed by atoms with Gasteiger partial charge in [-0.3, -0.25) is 4.79 Å². The third-order valence-electron chi connectivity index (χ3n) is 2.05. The molecular weight excluding hydrogens is 140 g/mol. The van der Waals surface area contributed by atoms with Gasteiger partial charge in [-0.05, 0) is 12.8 Å². The van der Waals surface area contributed by atoms with Gasteiger partial charge >= 0.3 is 0 Å². The van der Waals surface area contributed by atoms with Crippen LogP contribution >= 0.6 is 0 Å². The van der Waals surface area contributed by atoms with E-state index < -0.39 is 0 Å². The Morgan fingerprint density at radius 2 is 2.00 bits per heavy atom. The number of methoxy groups -OCH3 is 1. The van der Waals surface area contributed by atoms with Crippen molar-refractivity contribution in [3.8, 4) is 0 Å². The summed E-state index contributed by atoms with van der Waals surface area (Å²) in [5.74, 6) is 0.696. The summed E-state index contributed by atoms with van der Waals surface area (Å²) in [6.45, 7) is 5.97. The zero-order valence-electron chi connectivity index (χ0n) is 7.89. The van der Waals surface area contributed by atoms with E-state index in [1.807, 2.05) is 0 Å². The van der Waals surface area contributed by atoms with Crippen LogP contribution in [0.2, 0.25) is 0 Å². The molecule has 0 aliphatic rings. The minimum atomic E-state index is -0.232. The number of ketones is 1. The van der Waals surface area contributed by atoms with Crippen LogP contribution in [-0.2, 0) is 9.53 Å². The molecule has 0 heterocycles. The molecule has 0 aromatic heterocycles. The zero-order valence-corrected chi connectivity index (χ0v) is 7.89. The van der Waals surface area contributed by atoms with Gasteiger partial charge in [0.15, 0.2) is 5.78 Å². The number of hydrogen-bond donors (Lipinski definition) is 0. The highest BCUT2D eigenvalue weighted by Crippen LogP contribution is 2.09. The van der Waals surface area contributed by atoms with E-state index in [0.717, 1.165) is 6.42 Å². The summed E-state index contributed by atoms with van der Waals surface area (Å²) >= 11 is 0. The molecule has 0 N–H and O–H groups in total. The van der Waals surface area contributed by atoms with E-state index in [1.54, 1.807) is 14.0 Å². The van der Waals surface area contributed by atoms with Crippen molar-refractivity contribution in [2.24, 2.45) is 5.92 Å². The monoisotopic (exact) mass is 158 g/mol. The van der Waals surface area contributed by atoms with Crippen LogP contribution in [0.4, 0.5) is 0 Å². The molecule has 0 aromatic rings. The molecule has 0 radical (unpaired) electrons. The SMILES string of the molecule is CCC(C)CC(=O)C(C)OC. The average Bonchev–Trinajstić information content (AvgIpc) is 2.02. The van der Waals surface area contributed by atoms with Gasteiger partial charge in [0.25, 0.3) is 0 Å². The highest BCUT2D eigenvalue weighted by molar-refractivity contribution is 5.82. The molecule has 0 rings (SSSR count). The van der Waals surface area contributed by atoms with E-state index in [0.29, 0.717) is 12.3 Å². The van der Waals surface area contributed by atoms with Crippen molar-refractivity contribution < 1.29 is 9.53 Å². The Labute approximate surface area is 68.9 Å². The van der Waals surface area contributed by atoms with Crippen molar-refractivity contribution in [2.45, 2.75) is 39.7 Å². The quantitative estimate of drug-likeness (QED) is 0.612. The number of carbonyl (C=O) groups excluding carboxylic acids is 1. The maximum atomic E-state index is 11.2. The molecule has 2 nitrogen and oxygen atoms in total. The minimum Gasteiger partial charge on any atom is -0.374 e. The Morgan fingerprint density at radius 1 is 1.45 bits per heavy atom. The smallest absolute Gasteiger partial charge is 0.161 e. The van der Waals surface area contributed by atoms with Crippen LogP contribution < -0.4 is 0 Å². The lowest BCUT2D eigenvalue weighted by Crippen LogP contribution is -2.20. The third-order valence-corrected chi connectivity index (χ3v) is 2.05. The molecule has 0 bridgehead atoms. The Morgan fingerprint density at radius 3 is 2.36 bits per heavy atom. The maximum absolute atomic E-state index is 11.2. The molecule has 0 fully saturated rings. The molecule has 0 aliphatic heterocycles. The first kappa shape index (κ1) is 10.6. The Hall–Kier alpha value is -0.370. The lowest BCUT2D eigenvalue weighted by atomic mass is 10.00. The van der Waals surface area contributed by atoms with E-state index in [2.05, 4.69) is 13.8 Å². The molecule has 2 unspecified atom stereocenters. The fraction of sp³-hybridized carbons (Fsp3) is 0.889. The summed E-state index contributed by atoms with van der Waals surface area (Å²) in [5, 5.41) is 0. The van der Waals surface area contributed by atoms with Crippen LogP contribution in [0.25, 0.3) is 0 Å². The average molecular weight is 158 g/mol. The van der Waals surface area contributed by atoms with Crippen molar-refractivity contribution in [2.75, 3.05) is 7.11 Å². The molecule has 0 saturated carbocycles. The Balaban J connectivity index is 3.68. The van der Waals surface area contributed by atoms with Gasteiger partial charge in [-0.1, -0.05) is 20.3 Å². The van der Waals surface area contributed by atoms with Crippen LogP contribution in [-0.4, -0.2) is 19.0 Å². The van der Waals surface area contributed by atoms with Gasteiger partial charge in [-0.25, -0.2) is 0 Å². The second kappa shape index (κ2) is 5.30. The standard InChI is InChI=1S/C9H18O2/c1-5-7(2)6-9(10)8(3)11-4/h7-8H,5-6H2,1-4H3. The van der Waals surface area contributed by atoms with Crippen LogP contribution in [0.5, 0.6) is 0 Å². The molecule has 0 spiro atoms. The lowest BCUT2D eigenvalue weighted by Gasteiger charge is -2.11. The van der Waals surface area contributed by atoms with Gasteiger partial charge in [0, 0.05) is 13.5 Å². The lowest BCUT2D eigenvalue weighted by molar-refractivity contribution is -0.128. The fourth-order valence-electron chi connectivity index (χ4n) is 0.785. The Bertz CT molecular complexity index is 121. The van der Waals surface area contributed by atoms with E-state index in [9.17, 15) is 4.79 Å². The highest BCUT2D eigenvalue weighted by atomic mass is 16.5. The molecule has 0 saturated heterocycles. The van der Waals surface area contributed by atoms with E-state index >= 15 is 0 Å². The van der Waals surface area contributed by atoms with Gasteiger partial charge < -0.3 is 4.74 Å². The van der Waals surface area contributed by atoms with Gasteiger partial charge in [-0.2, -0.15) is 0 Å². The first-order chi connectivity index (χ1) is 5.11. The third kappa shape index (κ3) is 4.14. The number of carbonyl (C=O) groups is 1. The molecule has 2 atom stereocenters. The first-order valence-electron chi connectivity index (χ1n) is 4.17. The maximum Gasteiger partial charge on any atom is 0.161 e. The molecule has 66 valence electrons.